The van der Waals surface area contributed by atoms with E-state index in [2.05, 4.69) is 10.2 Å². The van der Waals surface area contributed by atoms with E-state index in [1.807, 2.05) is 6.07 Å². The quantitative estimate of drug-likeness (QED) is 0.327. The molecule has 3 N–H and O–H groups in total. The van der Waals surface area contributed by atoms with Gasteiger partial charge in [-0.05, 0) is 0 Å². The van der Waals surface area contributed by atoms with E-state index in [0.29, 0.717) is 26.2 Å². The highest BCUT2D eigenvalue weighted by Gasteiger charge is 2.29. The van der Waals surface area contributed by atoms with Crippen LogP contribution in [0.4, 0.5) is 4.79 Å². The Morgan fingerprint density at radius 2 is 2.00 bits per heavy atom. The number of carbonyl (C=O) groups is 3. The maximum Gasteiger partial charge on any atom is 0.288 e. The van der Waals surface area contributed by atoms with Gasteiger partial charge in [-0.3, -0.25) is 24.2 Å². The first-order valence-corrected chi connectivity index (χ1v) is 9.08. The summed E-state index contributed by atoms with van der Waals surface area (Å²) in [7, 11) is 0. The molecule has 0 bridgehead atoms. The monoisotopic (exact) mass is 366 g/mol. The standard InChI is InChI=1S/C15H22N6O3S/c16-1-3-19-5-7-20(8-6-19)14(23)12(9-17)10-18-2-4-21-13(22)11-25-15(21)24/h10,18H,1-8,11,16H2/b12-10-. The van der Waals surface area contributed by atoms with E-state index in [1.54, 1.807) is 4.90 Å². The molecule has 2 saturated heterocycles. The van der Waals surface area contributed by atoms with Crippen molar-refractivity contribution >= 4 is 28.8 Å². The van der Waals surface area contributed by atoms with Crippen molar-refractivity contribution in [3.63, 3.8) is 0 Å². The van der Waals surface area contributed by atoms with Crippen LogP contribution in [0.3, 0.4) is 0 Å². The molecule has 0 radical (unpaired) electrons. The van der Waals surface area contributed by atoms with Crippen LogP contribution in [0.2, 0.25) is 0 Å². The summed E-state index contributed by atoms with van der Waals surface area (Å²) in [4.78, 5) is 40.3. The highest BCUT2D eigenvalue weighted by atomic mass is 32.2. The van der Waals surface area contributed by atoms with E-state index in [1.165, 1.54) is 6.20 Å². The first-order chi connectivity index (χ1) is 12.1. The molecule has 2 heterocycles. The van der Waals surface area contributed by atoms with E-state index in [9.17, 15) is 19.6 Å². The van der Waals surface area contributed by atoms with Gasteiger partial charge in [-0.15, -0.1) is 0 Å². The lowest BCUT2D eigenvalue weighted by atomic mass is 10.2. The number of nitrogens with two attached hydrogens (primary N) is 1. The minimum atomic E-state index is -0.314. The molecule has 0 saturated carbocycles. The first-order valence-electron chi connectivity index (χ1n) is 8.09. The van der Waals surface area contributed by atoms with Crippen molar-refractivity contribution in [1.82, 2.24) is 20.0 Å². The fourth-order valence-corrected chi connectivity index (χ4v) is 3.37. The first kappa shape index (κ1) is 19.2. The van der Waals surface area contributed by atoms with Gasteiger partial charge in [-0.1, -0.05) is 11.8 Å². The van der Waals surface area contributed by atoms with Gasteiger partial charge in [0.1, 0.15) is 11.6 Å². The summed E-state index contributed by atoms with van der Waals surface area (Å²) in [5.41, 5.74) is 5.54. The van der Waals surface area contributed by atoms with Crippen LogP contribution in [0.1, 0.15) is 0 Å². The van der Waals surface area contributed by atoms with Crippen LogP contribution < -0.4 is 11.1 Å². The number of nitrogens with one attached hydrogen (secondary N) is 1. The van der Waals surface area contributed by atoms with E-state index in [-0.39, 0.29) is 34.9 Å². The zero-order valence-electron chi connectivity index (χ0n) is 13.9. The Labute approximate surface area is 150 Å². The fourth-order valence-electron chi connectivity index (χ4n) is 2.62. The molecule has 0 atom stereocenters. The average Bonchev–Trinajstić information content (AvgIpc) is 2.94. The summed E-state index contributed by atoms with van der Waals surface area (Å²) in [6, 6.07) is 1.90. The molecule has 2 fully saturated rings. The number of nitriles is 1. The average molecular weight is 366 g/mol. The van der Waals surface area contributed by atoms with Gasteiger partial charge in [0.05, 0.1) is 5.75 Å². The Morgan fingerprint density at radius 3 is 2.56 bits per heavy atom. The predicted molar refractivity (Wildman–Crippen MR) is 93.3 cm³/mol. The predicted octanol–water partition coefficient (Wildman–Crippen LogP) is -1.22. The molecule has 9 nitrogen and oxygen atoms in total. The van der Waals surface area contributed by atoms with Crippen LogP contribution in [0.25, 0.3) is 0 Å². The molecule has 2 aliphatic rings. The van der Waals surface area contributed by atoms with Crippen LogP contribution in [0.5, 0.6) is 0 Å². The van der Waals surface area contributed by atoms with Crippen molar-refractivity contribution in [2.24, 2.45) is 5.73 Å². The van der Waals surface area contributed by atoms with E-state index in [4.69, 9.17) is 5.73 Å². The zero-order chi connectivity index (χ0) is 18.2. The molecule has 0 aromatic rings. The number of amides is 3. The fraction of sp³-hybridized carbons (Fsp3) is 0.600. The van der Waals surface area contributed by atoms with Gasteiger partial charge in [0.2, 0.25) is 5.91 Å². The summed E-state index contributed by atoms with van der Waals surface area (Å²) in [5, 5.41) is 11.8. The summed E-state index contributed by atoms with van der Waals surface area (Å²) < 4.78 is 0. The van der Waals surface area contributed by atoms with Gasteiger partial charge in [0.15, 0.2) is 0 Å². The van der Waals surface area contributed by atoms with Crippen LogP contribution >= 0.6 is 11.8 Å². The minimum absolute atomic E-state index is 0.0146. The van der Waals surface area contributed by atoms with E-state index < -0.39 is 0 Å². The van der Waals surface area contributed by atoms with E-state index in [0.717, 1.165) is 36.3 Å². The van der Waals surface area contributed by atoms with Crippen LogP contribution in [0.15, 0.2) is 11.8 Å². The van der Waals surface area contributed by atoms with Crippen molar-refractivity contribution in [1.29, 1.82) is 5.26 Å². The van der Waals surface area contributed by atoms with Gasteiger partial charge in [-0.25, -0.2) is 0 Å². The normalized spacial score (nSPS) is 19.3. The molecular formula is C15H22N6O3S. The van der Waals surface area contributed by atoms with Gasteiger partial charge in [-0.2, -0.15) is 5.26 Å². The second-order valence-electron chi connectivity index (χ2n) is 5.65. The molecule has 2 aliphatic heterocycles. The minimum Gasteiger partial charge on any atom is -0.388 e. The Kier molecular flexibility index (Phi) is 7.24. The summed E-state index contributed by atoms with van der Waals surface area (Å²) in [6.45, 7) is 4.50. The molecule has 0 unspecified atom stereocenters. The van der Waals surface area contributed by atoms with Crippen LogP contribution in [0, 0.1) is 11.3 Å². The molecule has 136 valence electrons. The van der Waals surface area contributed by atoms with Crippen molar-refractivity contribution in [2.75, 3.05) is 58.1 Å². The smallest absolute Gasteiger partial charge is 0.288 e. The Balaban J connectivity index is 1.79. The molecular weight excluding hydrogens is 344 g/mol. The number of thioether (sulfide) groups is 1. The van der Waals surface area contributed by atoms with Crippen molar-refractivity contribution in [2.45, 2.75) is 0 Å². The van der Waals surface area contributed by atoms with Gasteiger partial charge < -0.3 is 16.0 Å². The summed E-state index contributed by atoms with van der Waals surface area (Å²) in [6.07, 6.45) is 1.35. The second-order valence-corrected chi connectivity index (χ2v) is 6.57. The molecule has 2 rings (SSSR count). The van der Waals surface area contributed by atoms with Gasteiger partial charge in [0, 0.05) is 58.6 Å². The van der Waals surface area contributed by atoms with Gasteiger partial charge in [0.25, 0.3) is 11.1 Å². The number of carbonyl (C=O) groups excluding carboxylic acids is 3. The lowest BCUT2D eigenvalue weighted by Gasteiger charge is -2.34. The number of piperazine rings is 1. The number of imide groups is 1. The number of hydrogen-bond acceptors (Lipinski definition) is 8. The van der Waals surface area contributed by atoms with Crippen molar-refractivity contribution in [3.8, 4) is 6.07 Å². The van der Waals surface area contributed by atoms with Crippen LogP contribution in [-0.4, -0.2) is 89.9 Å². The highest BCUT2D eigenvalue weighted by molar-refractivity contribution is 8.14. The van der Waals surface area contributed by atoms with Crippen LogP contribution in [-0.2, 0) is 9.59 Å². The third kappa shape index (κ3) is 5.19. The molecule has 3 amide bonds. The third-order valence-corrected chi connectivity index (χ3v) is 4.88. The van der Waals surface area contributed by atoms with Gasteiger partial charge >= 0.3 is 0 Å². The molecule has 0 aliphatic carbocycles. The largest absolute Gasteiger partial charge is 0.388 e. The maximum absolute atomic E-state index is 12.4. The van der Waals surface area contributed by atoms with Crippen molar-refractivity contribution in [3.05, 3.63) is 11.8 Å². The Morgan fingerprint density at radius 1 is 1.28 bits per heavy atom. The molecule has 10 heteroatoms. The lowest BCUT2D eigenvalue weighted by Crippen LogP contribution is -2.50. The lowest BCUT2D eigenvalue weighted by molar-refractivity contribution is -0.128. The summed E-state index contributed by atoms with van der Waals surface area (Å²) >= 11 is 0.979. The highest BCUT2D eigenvalue weighted by Crippen LogP contribution is 2.17. The summed E-state index contributed by atoms with van der Waals surface area (Å²) in [5.74, 6) is -0.355. The van der Waals surface area contributed by atoms with E-state index >= 15 is 0 Å². The topological polar surface area (TPSA) is 123 Å². The number of rotatable bonds is 7. The molecule has 0 spiro atoms. The Bertz CT molecular complexity index is 579. The number of nitrogens with zero attached hydrogens (tertiary/aromatic N) is 4. The molecule has 0 aromatic heterocycles. The third-order valence-electron chi connectivity index (χ3n) is 4.02. The molecule has 25 heavy (non-hydrogen) atoms. The zero-order valence-corrected chi connectivity index (χ0v) is 14.8. The molecule has 0 aromatic carbocycles. The van der Waals surface area contributed by atoms with Crippen molar-refractivity contribution < 1.29 is 14.4 Å². The number of hydrogen-bond donors (Lipinski definition) is 2. The Hall–Kier alpha value is -2.09. The SMILES string of the molecule is N#C/C(=C/NCCN1C(=O)CSC1=O)C(=O)N1CCN(CCN)CC1. The maximum atomic E-state index is 12.4. The second kappa shape index (κ2) is 9.41.